The van der Waals surface area contributed by atoms with Gasteiger partial charge in [0.05, 0.1) is 0 Å². The van der Waals surface area contributed by atoms with Crippen LogP contribution in [0.1, 0.15) is 52.5 Å². The number of benzene rings is 1. The Labute approximate surface area is 140 Å². The third-order valence-corrected chi connectivity index (χ3v) is 5.29. The molecule has 0 saturated heterocycles. The lowest BCUT2D eigenvalue weighted by Crippen LogP contribution is -2.43. The van der Waals surface area contributed by atoms with Gasteiger partial charge in [-0.25, -0.2) is 0 Å². The Balaban J connectivity index is 1.90. The molecule has 1 aliphatic carbocycles. The van der Waals surface area contributed by atoms with E-state index in [-0.39, 0.29) is 23.0 Å². The molecule has 1 aromatic carbocycles. The molecule has 2 rings (SSSR count). The van der Waals surface area contributed by atoms with Crippen LogP contribution in [0.5, 0.6) is 5.75 Å². The van der Waals surface area contributed by atoms with Gasteiger partial charge in [-0.1, -0.05) is 39.8 Å². The van der Waals surface area contributed by atoms with Crippen molar-refractivity contribution in [2.45, 2.75) is 53.4 Å². The minimum Gasteiger partial charge on any atom is -0.508 e. The van der Waals surface area contributed by atoms with Gasteiger partial charge in [0.15, 0.2) is 0 Å². The maximum atomic E-state index is 12.7. The highest BCUT2D eigenvalue weighted by Gasteiger charge is 2.39. The number of hydrogen-bond donors (Lipinski definition) is 2. The van der Waals surface area contributed by atoms with E-state index in [4.69, 9.17) is 0 Å². The maximum absolute atomic E-state index is 12.7. The van der Waals surface area contributed by atoms with Crippen LogP contribution in [-0.4, -0.2) is 17.6 Å². The summed E-state index contributed by atoms with van der Waals surface area (Å²) in [6.45, 7) is 9.69. The smallest absolute Gasteiger partial charge is 0.223 e. The Morgan fingerprint density at radius 2 is 1.96 bits per heavy atom. The fourth-order valence-electron chi connectivity index (χ4n) is 3.82. The first-order chi connectivity index (χ1) is 10.8. The SMILES string of the molecule is CC(C)C1CCC(C)(C)CC1C(=O)NCCc1ccc(O)cc1. The molecule has 23 heavy (non-hydrogen) atoms. The summed E-state index contributed by atoms with van der Waals surface area (Å²) in [5.41, 5.74) is 1.40. The molecule has 2 N–H and O–H groups in total. The van der Waals surface area contributed by atoms with Crippen molar-refractivity contribution in [1.29, 1.82) is 0 Å². The monoisotopic (exact) mass is 317 g/mol. The molecule has 1 saturated carbocycles. The number of carbonyl (C=O) groups excluding carboxylic acids is 1. The van der Waals surface area contributed by atoms with Crippen molar-refractivity contribution in [1.82, 2.24) is 5.32 Å². The summed E-state index contributed by atoms with van der Waals surface area (Å²) >= 11 is 0. The van der Waals surface area contributed by atoms with E-state index in [0.29, 0.717) is 18.4 Å². The zero-order chi connectivity index (χ0) is 17.0. The predicted molar refractivity (Wildman–Crippen MR) is 94.3 cm³/mol. The topological polar surface area (TPSA) is 49.3 Å². The predicted octanol–water partition coefficient (Wildman–Crippen LogP) is 4.15. The summed E-state index contributed by atoms with van der Waals surface area (Å²) in [5, 5.41) is 12.4. The lowest BCUT2D eigenvalue weighted by Gasteiger charge is -2.41. The van der Waals surface area contributed by atoms with E-state index in [1.807, 2.05) is 12.1 Å². The Kier molecular flexibility index (Phi) is 5.72. The van der Waals surface area contributed by atoms with Gasteiger partial charge in [-0.2, -0.15) is 0 Å². The summed E-state index contributed by atoms with van der Waals surface area (Å²) < 4.78 is 0. The molecule has 0 aliphatic heterocycles. The molecule has 3 heteroatoms. The van der Waals surface area contributed by atoms with E-state index >= 15 is 0 Å². The molecule has 0 radical (unpaired) electrons. The van der Waals surface area contributed by atoms with E-state index in [1.54, 1.807) is 12.1 Å². The number of phenols is 1. The minimum atomic E-state index is 0.138. The molecular weight excluding hydrogens is 286 g/mol. The first-order valence-electron chi connectivity index (χ1n) is 8.84. The number of phenolic OH excluding ortho intramolecular Hbond substituents is 1. The Bertz CT molecular complexity index is 519. The normalized spacial score (nSPS) is 23.7. The number of aromatic hydroxyl groups is 1. The second-order valence-corrected chi connectivity index (χ2v) is 8.13. The summed E-state index contributed by atoms with van der Waals surface area (Å²) in [6, 6.07) is 7.19. The number of hydrogen-bond acceptors (Lipinski definition) is 2. The van der Waals surface area contributed by atoms with Crippen LogP contribution in [0.2, 0.25) is 0 Å². The fraction of sp³-hybridized carbons (Fsp3) is 0.650. The number of rotatable bonds is 5. The lowest BCUT2D eigenvalue weighted by atomic mass is 9.64. The third-order valence-electron chi connectivity index (χ3n) is 5.29. The Morgan fingerprint density at radius 3 is 2.57 bits per heavy atom. The molecule has 1 fully saturated rings. The van der Waals surface area contributed by atoms with Crippen LogP contribution in [0.25, 0.3) is 0 Å². The Morgan fingerprint density at radius 1 is 1.30 bits per heavy atom. The number of amides is 1. The van der Waals surface area contributed by atoms with Crippen molar-refractivity contribution >= 4 is 5.91 Å². The summed E-state index contributed by atoms with van der Waals surface area (Å²) in [4.78, 5) is 12.7. The zero-order valence-corrected chi connectivity index (χ0v) is 14.9. The van der Waals surface area contributed by atoms with Gasteiger partial charge in [0.1, 0.15) is 5.75 Å². The van der Waals surface area contributed by atoms with E-state index in [1.165, 1.54) is 6.42 Å². The number of nitrogens with one attached hydrogen (secondary N) is 1. The van der Waals surface area contributed by atoms with Crippen LogP contribution in [0.3, 0.4) is 0 Å². The highest BCUT2D eigenvalue weighted by Crippen LogP contribution is 2.44. The third kappa shape index (κ3) is 4.98. The average Bonchev–Trinajstić information content (AvgIpc) is 2.48. The maximum Gasteiger partial charge on any atom is 0.223 e. The molecule has 3 nitrogen and oxygen atoms in total. The largest absolute Gasteiger partial charge is 0.508 e. The van der Waals surface area contributed by atoms with Crippen molar-refractivity contribution in [3.8, 4) is 5.75 Å². The molecule has 0 aromatic heterocycles. The first-order valence-corrected chi connectivity index (χ1v) is 8.84. The second-order valence-electron chi connectivity index (χ2n) is 8.13. The van der Waals surface area contributed by atoms with Gasteiger partial charge in [0.25, 0.3) is 0 Å². The molecule has 2 unspecified atom stereocenters. The zero-order valence-electron chi connectivity index (χ0n) is 14.9. The summed E-state index contributed by atoms with van der Waals surface area (Å²) in [6.07, 6.45) is 4.16. The van der Waals surface area contributed by atoms with Gasteiger partial charge in [0.2, 0.25) is 5.91 Å². The van der Waals surface area contributed by atoms with Crippen molar-refractivity contribution in [3.63, 3.8) is 0 Å². The Hall–Kier alpha value is -1.51. The summed E-state index contributed by atoms with van der Waals surface area (Å²) in [7, 11) is 0. The van der Waals surface area contributed by atoms with Crippen LogP contribution >= 0.6 is 0 Å². The van der Waals surface area contributed by atoms with Crippen molar-refractivity contribution in [2.75, 3.05) is 6.54 Å². The van der Waals surface area contributed by atoms with E-state index in [0.717, 1.165) is 24.8 Å². The molecule has 1 amide bonds. The van der Waals surface area contributed by atoms with Gasteiger partial charge in [-0.3, -0.25) is 4.79 Å². The van der Waals surface area contributed by atoms with Gasteiger partial charge in [-0.05, 0) is 60.6 Å². The standard InChI is InChI=1S/C20H31NO2/c1-14(2)17-9-11-20(3,4)13-18(17)19(23)21-12-10-15-5-7-16(22)8-6-15/h5-8,14,17-18,22H,9-13H2,1-4H3,(H,21,23). The van der Waals surface area contributed by atoms with E-state index < -0.39 is 0 Å². The summed E-state index contributed by atoms with van der Waals surface area (Å²) in [5.74, 6) is 1.69. The van der Waals surface area contributed by atoms with Gasteiger partial charge in [0, 0.05) is 12.5 Å². The lowest BCUT2D eigenvalue weighted by molar-refractivity contribution is -0.130. The molecule has 1 aliphatic rings. The van der Waals surface area contributed by atoms with Crippen LogP contribution in [0.15, 0.2) is 24.3 Å². The van der Waals surface area contributed by atoms with E-state index in [9.17, 15) is 9.90 Å². The van der Waals surface area contributed by atoms with E-state index in [2.05, 4.69) is 33.0 Å². The van der Waals surface area contributed by atoms with Crippen molar-refractivity contribution < 1.29 is 9.90 Å². The van der Waals surface area contributed by atoms with Crippen LogP contribution < -0.4 is 5.32 Å². The quantitative estimate of drug-likeness (QED) is 0.857. The molecule has 0 spiro atoms. The van der Waals surface area contributed by atoms with Crippen LogP contribution in [0, 0.1) is 23.2 Å². The van der Waals surface area contributed by atoms with Gasteiger partial charge >= 0.3 is 0 Å². The molecule has 0 bridgehead atoms. The number of carbonyl (C=O) groups is 1. The highest BCUT2D eigenvalue weighted by atomic mass is 16.3. The van der Waals surface area contributed by atoms with Crippen LogP contribution in [0.4, 0.5) is 0 Å². The van der Waals surface area contributed by atoms with Crippen LogP contribution in [-0.2, 0) is 11.2 Å². The van der Waals surface area contributed by atoms with Crippen molar-refractivity contribution in [2.24, 2.45) is 23.2 Å². The average molecular weight is 317 g/mol. The molecule has 2 atom stereocenters. The minimum absolute atomic E-state index is 0.138. The second kappa shape index (κ2) is 7.37. The first kappa shape index (κ1) is 17.8. The van der Waals surface area contributed by atoms with Crippen molar-refractivity contribution in [3.05, 3.63) is 29.8 Å². The fourth-order valence-corrected chi connectivity index (χ4v) is 3.82. The molecule has 1 aromatic rings. The van der Waals surface area contributed by atoms with Gasteiger partial charge in [-0.15, -0.1) is 0 Å². The molecular formula is C20H31NO2. The highest BCUT2D eigenvalue weighted by molar-refractivity contribution is 5.79. The molecule has 0 heterocycles. The van der Waals surface area contributed by atoms with Gasteiger partial charge < -0.3 is 10.4 Å². The molecule has 128 valence electrons.